The number of aliphatic carboxylic acids is 1. The fourth-order valence-electron chi connectivity index (χ4n) is 3.17. The second-order valence-corrected chi connectivity index (χ2v) is 7.29. The number of hydrogen-bond donors (Lipinski definition) is 4. The highest BCUT2D eigenvalue weighted by molar-refractivity contribution is 5.97. The first-order chi connectivity index (χ1) is 12.2. The molecule has 7 nitrogen and oxygen atoms in total. The van der Waals surface area contributed by atoms with Crippen LogP contribution in [0.15, 0.2) is 12.1 Å². The third-order valence-electron chi connectivity index (χ3n) is 4.98. The van der Waals surface area contributed by atoms with Crippen LogP contribution < -0.4 is 5.32 Å². The normalized spacial score (nSPS) is 16.7. The number of phenols is 2. The summed E-state index contributed by atoms with van der Waals surface area (Å²) in [6.07, 6.45) is 1.56. The molecular weight excluding hydrogens is 336 g/mol. The zero-order chi connectivity index (χ0) is 19.4. The number of piperidine rings is 1. The molecule has 0 aliphatic carbocycles. The molecule has 1 aliphatic rings. The zero-order valence-electron chi connectivity index (χ0n) is 15.5. The molecule has 7 heteroatoms. The highest BCUT2D eigenvalue weighted by atomic mass is 16.4. The largest absolute Gasteiger partial charge is 0.508 e. The molecule has 0 bridgehead atoms. The van der Waals surface area contributed by atoms with E-state index in [1.807, 2.05) is 13.8 Å². The van der Waals surface area contributed by atoms with Gasteiger partial charge in [-0.15, -0.1) is 0 Å². The van der Waals surface area contributed by atoms with Gasteiger partial charge in [-0.3, -0.25) is 9.59 Å². The van der Waals surface area contributed by atoms with E-state index in [2.05, 4.69) is 5.32 Å². The van der Waals surface area contributed by atoms with E-state index in [-0.39, 0.29) is 28.9 Å². The highest BCUT2D eigenvalue weighted by Crippen LogP contribution is 2.33. The molecule has 144 valence electrons. The van der Waals surface area contributed by atoms with Crippen molar-refractivity contribution < 1.29 is 24.9 Å². The van der Waals surface area contributed by atoms with Crippen LogP contribution in [0.25, 0.3) is 0 Å². The molecule has 26 heavy (non-hydrogen) atoms. The lowest BCUT2D eigenvalue weighted by Gasteiger charge is -2.32. The van der Waals surface area contributed by atoms with Crippen LogP contribution in [-0.2, 0) is 4.79 Å². The molecule has 0 radical (unpaired) electrons. The molecule has 1 aromatic rings. The summed E-state index contributed by atoms with van der Waals surface area (Å²) in [5.41, 5.74) is 0.843. The Morgan fingerprint density at radius 3 is 2.31 bits per heavy atom. The molecule has 1 atom stereocenters. The molecule has 1 aromatic carbocycles. The number of hydrogen-bond acceptors (Lipinski definition) is 5. The van der Waals surface area contributed by atoms with Crippen LogP contribution in [0.2, 0.25) is 0 Å². The number of carboxylic acids is 1. The molecule has 1 heterocycles. The minimum Gasteiger partial charge on any atom is -0.508 e. The molecule has 0 unspecified atom stereocenters. The van der Waals surface area contributed by atoms with Crippen LogP contribution in [0, 0.1) is 5.92 Å². The zero-order valence-corrected chi connectivity index (χ0v) is 15.5. The average molecular weight is 364 g/mol. The van der Waals surface area contributed by atoms with Gasteiger partial charge >= 0.3 is 5.97 Å². The van der Waals surface area contributed by atoms with Gasteiger partial charge in [0.15, 0.2) is 0 Å². The Kier molecular flexibility index (Phi) is 6.47. The van der Waals surface area contributed by atoms with Gasteiger partial charge in [-0.1, -0.05) is 13.8 Å². The number of aromatic hydroxyl groups is 2. The first-order valence-corrected chi connectivity index (χ1v) is 9.02. The molecule has 1 amide bonds. The molecule has 1 aliphatic heterocycles. The number of carboxylic acid groups (broad SMARTS) is 1. The molecule has 1 saturated heterocycles. The van der Waals surface area contributed by atoms with Gasteiger partial charge in [0.05, 0.1) is 5.56 Å². The molecule has 0 aromatic heterocycles. The topological polar surface area (TPSA) is 110 Å². The minimum absolute atomic E-state index is 0.00798. The third kappa shape index (κ3) is 4.66. The number of likely N-dealkylation sites (tertiary alicyclic amines) is 1. The van der Waals surface area contributed by atoms with Crippen LogP contribution >= 0.6 is 0 Å². The predicted molar refractivity (Wildman–Crippen MR) is 97.6 cm³/mol. The van der Waals surface area contributed by atoms with E-state index in [4.69, 9.17) is 5.11 Å². The molecule has 0 spiro atoms. The number of amides is 1. The molecule has 0 saturated carbocycles. The van der Waals surface area contributed by atoms with Crippen molar-refractivity contribution in [3.05, 3.63) is 23.3 Å². The SMILES string of the molecule is CC(C)c1cc(C(=O)N2CCC(CN[C@@H](C)C(=O)O)CC2)c(O)cc1O. The maximum Gasteiger partial charge on any atom is 0.320 e. The summed E-state index contributed by atoms with van der Waals surface area (Å²) in [6, 6.07) is 2.21. The van der Waals surface area contributed by atoms with Gasteiger partial charge in [0.2, 0.25) is 0 Å². The standard InChI is InChI=1S/C19H28N2O5/c1-11(2)14-8-15(17(23)9-16(14)22)18(24)21-6-4-13(5-7-21)10-20-12(3)19(25)26/h8-9,11-13,20,22-23H,4-7,10H2,1-3H3,(H,25,26)/t12-/m0/s1. The quantitative estimate of drug-likeness (QED) is 0.616. The van der Waals surface area contributed by atoms with Crippen molar-refractivity contribution in [2.75, 3.05) is 19.6 Å². The third-order valence-corrected chi connectivity index (χ3v) is 4.98. The van der Waals surface area contributed by atoms with E-state index in [1.54, 1.807) is 17.9 Å². The van der Waals surface area contributed by atoms with E-state index >= 15 is 0 Å². The number of nitrogens with zero attached hydrogens (tertiary/aromatic N) is 1. The van der Waals surface area contributed by atoms with Gasteiger partial charge in [-0.05, 0) is 49.8 Å². The van der Waals surface area contributed by atoms with Crippen LogP contribution in [0.3, 0.4) is 0 Å². The summed E-state index contributed by atoms with van der Waals surface area (Å²) in [7, 11) is 0. The summed E-state index contributed by atoms with van der Waals surface area (Å²) in [4.78, 5) is 25.3. The smallest absolute Gasteiger partial charge is 0.320 e. The fourth-order valence-corrected chi connectivity index (χ4v) is 3.17. The summed E-state index contributed by atoms with van der Waals surface area (Å²) >= 11 is 0. The minimum atomic E-state index is -0.874. The Balaban J connectivity index is 1.98. The van der Waals surface area contributed by atoms with Crippen molar-refractivity contribution in [2.45, 2.75) is 45.6 Å². The van der Waals surface area contributed by atoms with E-state index < -0.39 is 12.0 Å². The van der Waals surface area contributed by atoms with Gasteiger partial charge in [-0.2, -0.15) is 0 Å². The average Bonchev–Trinajstić information content (AvgIpc) is 2.59. The van der Waals surface area contributed by atoms with Crippen molar-refractivity contribution in [3.8, 4) is 11.5 Å². The van der Waals surface area contributed by atoms with Crippen molar-refractivity contribution >= 4 is 11.9 Å². The number of benzene rings is 1. The number of carbonyl (C=O) groups excluding carboxylic acids is 1. The lowest BCUT2D eigenvalue weighted by atomic mass is 9.94. The first kappa shape index (κ1) is 20.0. The lowest BCUT2D eigenvalue weighted by Crippen LogP contribution is -2.43. The van der Waals surface area contributed by atoms with Crippen molar-refractivity contribution in [1.29, 1.82) is 0 Å². The Bertz CT molecular complexity index is 666. The second kappa shape index (κ2) is 8.40. The summed E-state index contributed by atoms with van der Waals surface area (Å²) < 4.78 is 0. The Hall–Kier alpha value is -2.28. The van der Waals surface area contributed by atoms with E-state index in [0.717, 1.165) is 12.8 Å². The van der Waals surface area contributed by atoms with Crippen molar-refractivity contribution in [2.24, 2.45) is 5.92 Å². The van der Waals surface area contributed by atoms with Gasteiger partial charge in [-0.25, -0.2) is 0 Å². The van der Waals surface area contributed by atoms with E-state index in [9.17, 15) is 19.8 Å². The maximum atomic E-state index is 12.8. The van der Waals surface area contributed by atoms with Crippen LogP contribution in [0.5, 0.6) is 11.5 Å². The van der Waals surface area contributed by atoms with Crippen molar-refractivity contribution in [3.63, 3.8) is 0 Å². The summed E-state index contributed by atoms with van der Waals surface area (Å²) in [6.45, 7) is 7.17. The predicted octanol–water partition coefficient (Wildman–Crippen LogP) is 2.14. The second-order valence-electron chi connectivity index (χ2n) is 7.29. The fraction of sp³-hybridized carbons (Fsp3) is 0.579. The number of rotatable bonds is 6. The lowest BCUT2D eigenvalue weighted by molar-refractivity contribution is -0.139. The highest BCUT2D eigenvalue weighted by Gasteiger charge is 2.27. The van der Waals surface area contributed by atoms with Crippen LogP contribution in [-0.4, -0.2) is 57.8 Å². The summed E-state index contributed by atoms with van der Waals surface area (Å²) in [5.74, 6) is -0.978. The number of nitrogens with one attached hydrogen (secondary N) is 1. The van der Waals surface area contributed by atoms with E-state index in [0.29, 0.717) is 31.1 Å². The molecule has 4 N–H and O–H groups in total. The molecule has 1 fully saturated rings. The summed E-state index contributed by atoms with van der Waals surface area (Å²) in [5, 5.41) is 31.9. The number of carbonyl (C=O) groups is 2. The Labute approximate surface area is 153 Å². The van der Waals surface area contributed by atoms with Gasteiger partial charge in [0, 0.05) is 19.2 Å². The van der Waals surface area contributed by atoms with Gasteiger partial charge in [0.25, 0.3) is 5.91 Å². The molecular formula is C19H28N2O5. The van der Waals surface area contributed by atoms with Crippen LogP contribution in [0.1, 0.15) is 55.5 Å². The van der Waals surface area contributed by atoms with Gasteiger partial charge in [0.1, 0.15) is 17.5 Å². The van der Waals surface area contributed by atoms with Crippen LogP contribution in [0.4, 0.5) is 0 Å². The monoisotopic (exact) mass is 364 g/mol. The van der Waals surface area contributed by atoms with E-state index in [1.165, 1.54) is 6.07 Å². The Morgan fingerprint density at radius 2 is 1.77 bits per heavy atom. The number of phenolic OH excluding ortho intramolecular Hbond substituents is 2. The maximum absolute atomic E-state index is 12.8. The Morgan fingerprint density at radius 1 is 1.15 bits per heavy atom. The van der Waals surface area contributed by atoms with Gasteiger partial charge < -0.3 is 25.5 Å². The molecule has 2 rings (SSSR count). The van der Waals surface area contributed by atoms with Crippen molar-refractivity contribution in [1.82, 2.24) is 10.2 Å². The first-order valence-electron chi connectivity index (χ1n) is 9.02.